The zero-order chi connectivity index (χ0) is 13.7. The minimum atomic E-state index is -1.25. The molecule has 6 nitrogen and oxygen atoms in total. The van der Waals surface area contributed by atoms with E-state index in [1.807, 2.05) is 13.8 Å². The third-order valence-corrected chi connectivity index (χ3v) is 2.19. The monoisotopic (exact) mass is 252 g/mol. The number of anilines is 1. The highest BCUT2D eigenvalue weighted by Gasteiger charge is 2.14. The van der Waals surface area contributed by atoms with Gasteiger partial charge in [-0.15, -0.1) is 0 Å². The van der Waals surface area contributed by atoms with Gasteiger partial charge in [0.15, 0.2) is 5.75 Å². The molecule has 0 aliphatic rings. The van der Waals surface area contributed by atoms with Crippen LogP contribution in [0.15, 0.2) is 18.2 Å². The molecule has 0 saturated carbocycles. The second kappa shape index (κ2) is 5.90. The summed E-state index contributed by atoms with van der Waals surface area (Å²) in [5.74, 6) is -1.40. The highest BCUT2D eigenvalue weighted by molar-refractivity contribution is 5.97. The first-order valence-corrected chi connectivity index (χ1v) is 5.52. The molecule has 2 amide bonds. The standard InChI is InChI=1S/C12H16N2O4/c1-7(2)6-13-12(18)14-9-5-3-4-8(10(9)15)11(16)17/h3-5,7,15H,6H2,1-2H3,(H,16,17)(H2,13,14,18). The fourth-order valence-electron chi connectivity index (χ4n) is 1.28. The van der Waals surface area contributed by atoms with Crippen LogP contribution in [0.1, 0.15) is 24.2 Å². The molecule has 6 heteroatoms. The van der Waals surface area contributed by atoms with E-state index in [-0.39, 0.29) is 11.3 Å². The summed E-state index contributed by atoms with van der Waals surface area (Å²) in [5, 5.41) is 23.5. The van der Waals surface area contributed by atoms with Crippen molar-refractivity contribution in [2.24, 2.45) is 5.92 Å². The summed E-state index contributed by atoms with van der Waals surface area (Å²) in [4.78, 5) is 22.3. The lowest BCUT2D eigenvalue weighted by Crippen LogP contribution is -2.31. The molecule has 0 radical (unpaired) electrons. The SMILES string of the molecule is CC(C)CNC(=O)Nc1cccc(C(=O)O)c1O. The molecule has 0 aliphatic heterocycles. The number of carboxylic acids is 1. The highest BCUT2D eigenvalue weighted by atomic mass is 16.4. The Labute approximate surface area is 105 Å². The summed E-state index contributed by atoms with van der Waals surface area (Å²) in [6.45, 7) is 4.39. The second-order valence-corrected chi connectivity index (χ2v) is 4.24. The summed E-state index contributed by atoms with van der Waals surface area (Å²) in [7, 11) is 0. The van der Waals surface area contributed by atoms with Gasteiger partial charge < -0.3 is 20.8 Å². The average Bonchev–Trinajstić information content (AvgIpc) is 2.29. The zero-order valence-electron chi connectivity index (χ0n) is 10.2. The number of carboxylic acid groups (broad SMARTS) is 1. The maximum Gasteiger partial charge on any atom is 0.339 e. The van der Waals surface area contributed by atoms with E-state index in [0.29, 0.717) is 12.5 Å². The molecule has 1 aromatic rings. The number of aromatic hydroxyl groups is 1. The van der Waals surface area contributed by atoms with Gasteiger partial charge in [-0.25, -0.2) is 9.59 Å². The van der Waals surface area contributed by atoms with Gasteiger partial charge in [-0.2, -0.15) is 0 Å². The van der Waals surface area contributed by atoms with Crippen LogP contribution in [-0.2, 0) is 0 Å². The molecule has 0 atom stereocenters. The Kier molecular flexibility index (Phi) is 4.53. The summed E-state index contributed by atoms with van der Waals surface area (Å²) in [6, 6.07) is 3.65. The van der Waals surface area contributed by atoms with Crippen LogP contribution in [0, 0.1) is 5.92 Å². The first-order valence-electron chi connectivity index (χ1n) is 5.52. The minimum absolute atomic E-state index is 0.0659. The second-order valence-electron chi connectivity index (χ2n) is 4.24. The molecule has 1 aromatic carbocycles. The topological polar surface area (TPSA) is 98.7 Å². The quantitative estimate of drug-likeness (QED) is 0.615. The molecule has 4 N–H and O–H groups in total. The van der Waals surface area contributed by atoms with Gasteiger partial charge in [0.2, 0.25) is 0 Å². The third-order valence-electron chi connectivity index (χ3n) is 2.19. The van der Waals surface area contributed by atoms with Crippen molar-refractivity contribution in [2.45, 2.75) is 13.8 Å². The average molecular weight is 252 g/mol. The van der Waals surface area contributed by atoms with Gasteiger partial charge >= 0.3 is 12.0 Å². The van der Waals surface area contributed by atoms with Crippen LogP contribution in [0.3, 0.4) is 0 Å². The van der Waals surface area contributed by atoms with E-state index in [0.717, 1.165) is 0 Å². The molecule has 0 fully saturated rings. The molecule has 0 bridgehead atoms. The lowest BCUT2D eigenvalue weighted by atomic mass is 10.1. The van der Waals surface area contributed by atoms with Crippen LogP contribution >= 0.6 is 0 Å². The molecule has 0 unspecified atom stereocenters. The Morgan fingerprint density at radius 3 is 2.56 bits per heavy atom. The lowest BCUT2D eigenvalue weighted by molar-refractivity contribution is 0.0694. The van der Waals surface area contributed by atoms with Gasteiger partial charge in [-0.05, 0) is 18.1 Å². The van der Waals surface area contributed by atoms with Crippen molar-refractivity contribution in [3.63, 3.8) is 0 Å². The number of amides is 2. The molecule has 18 heavy (non-hydrogen) atoms. The van der Waals surface area contributed by atoms with Crippen molar-refractivity contribution >= 4 is 17.7 Å². The molecule has 0 heterocycles. The van der Waals surface area contributed by atoms with Gasteiger partial charge in [0.1, 0.15) is 5.56 Å². The number of nitrogens with one attached hydrogen (secondary N) is 2. The Balaban J connectivity index is 2.76. The van der Waals surface area contributed by atoms with Crippen LogP contribution in [0.2, 0.25) is 0 Å². The van der Waals surface area contributed by atoms with Crippen molar-refractivity contribution in [1.29, 1.82) is 0 Å². The Morgan fingerprint density at radius 1 is 1.33 bits per heavy atom. The van der Waals surface area contributed by atoms with E-state index >= 15 is 0 Å². The minimum Gasteiger partial charge on any atom is -0.505 e. The molecule has 1 rings (SSSR count). The van der Waals surface area contributed by atoms with Crippen molar-refractivity contribution in [3.8, 4) is 5.75 Å². The number of hydrogen-bond donors (Lipinski definition) is 4. The van der Waals surface area contributed by atoms with Crippen LogP contribution in [0.25, 0.3) is 0 Å². The van der Waals surface area contributed by atoms with Crippen molar-refractivity contribution in [3.05, 3.63) is 23.8 Å². The molecule has 0 aliphatic carbocycles. The number of phenols is 1. The van der Waals surface area contributed by atoms with Gasteiger partial charge in [0, 0.05) is 6.54 Å². The first kappa shape index (κ1) is 13.8. The van der Waals surface area contributed by atoms with Gasteiger partial charge in [-0.1, -0.05) is 19.9 Å². The predicted molar refractivity (Wildman–Crippen MR) is 66.9 cm³/mol. The first-order chi connectivity index (χ1) is 8.41. The van der Waals surface area contributed by atoms with E-state index in [1.54, 1.807) is 0 Å². The van der Waals surface area contributed by atoms with E-state index in [9.17, 15) is 14.7 Å². The maximum absolute atomic E-state index is 11.5. The van der Waals surface area contributed by atoms with Crippen LogP contribution < -0.4 is 10.6 Å². The molecule has 0 saturated heterocycles. The molecular weight excluding hydrogens is 236 g/mol. The number of benzene rings is 1. The largest absolute Gasteiger partial charge is 0.505 e. The maximum atomic E-state index is 11.5. The fourth-order valence-corrected chi connectivity index (χ4v) is 1.28. The van der Waals surface area contributed by atoms with E-state index < -0.39 is 17.7 Å². The third kappa shape index (κ3) is 3.65. The Hall–Kier alpha value is -2.24. The van der Waals surface area contributed by atoms with Crippen LogP contribution in [-0.4, -0.2) is 28.8 Å². The van der Waals surface area contributed by atoms with Crippen LogP contribution in [0.4, 0.5) is 10.5 Å². The number of carbonyl (C=O) groups excluding carboxylic acids is 1. The van der Waals surface area contributed by atoms with E-state index in [2.05, 4.69) is 10.6 Å². The van der Waals surface area contributed by atoms with Crippen molar-refractivity contribution in [2.75, 3.05) is 11.9 Å². The smallest absolute Gasteiger partial charge is 0.339 e. The van der Waals surface area contributed by atoms with Gasteiger partial charge in [-0.3, -0.25) is 0 Å². The summed E-state index contributed by atoms with van der Waals surface area (Å²) in [5.41, 5.74) is -0.187. The normalized spacial score (nSPS) is 10.2. The number of aromatic carboxylic acids is 1. The lowest BCUT2D eigenvalue weighted by Gasteiger charge is -2.11. The fraction of sp³-hybridized carbons (Fsp3) is 0.333. The number of hydrogen-bond acceptors (Lipinski definition) is 3. The van der Waals surface area contributed by atoms with E-state index in [4.69, 9.17) is 5.11 Å². The van der Waals surface area contributed by atoms with Crippen molar-refractivity contribution in [1.82, 2.24) is 5.32 Å². The van der Waals surface area contributed by atoms with Crippen LogP contribution in [0.5, 0.6) is 5.75 Å². The Morgan fingerprint density at radius 2 is 2.00 bits per heavy atom. The molecular formula is C12H16N2O4. The summed E-state index contributed by atoms with van der Waals surface area (Å²) in [6.07, 6.45) is 0. The number of para-hydroxylation sites is 1. The Bertz CT molecular complexity index is 457. The van der Waals surface area contributed by atoms with Gasteiger partial charge in [0.25, 0.3) is 0 Å². The number of rotatable bonds is 4. The van der Waals surface area contributed by atoms with E-state index in [1.165, 1.54) is 18.2 Å². The molecule has 98 valence electrons. The van der Waals surface area contributed by atoms with Gasteiger partial charge in [0.05, 0.1) is 5.69 Å². The van der Waals surface area contributed by atoms with Crippen molar-refractivity contribution < 1.29 is 19.8 Å². The summed E-state index contributed by atoms with van der Waals surface area (Å²) < 4.78 is 0. The highest BCUT2D eigenvalue weighted by Crippen LogP contribution is 2.27. The molecule has 0 spiro atoms. The molecule has 0 aromatic heterocycles. The number of carbonyl (C=O) groups is 2. The summed E-state index contributed by atoms with van der Waals surface area (Å²) >= 11 is 0. The number of urea groups is 1. The predicted octanol–water partition coefficient (Wildman–Crippen LogP) is 1.87. The zero-order valence-corrected chi connectivity index (χ0v) is 10.2.